The van der Waals surface area contributed by atoms with Gasteiger partial charge in [0.15, 0.2) is 30.6 Å². The standard InChI is InChI=1S/C48H72O21/c1-43(2)23-8-11-48(7)36(21(50)16-19-20-17-45(4,13-12-44(20,3)14-15-47(19,48)6)42(63)69-39-31(57)26(52)25(51)22(18-49)64-39)46(23,5)10-9-24(43)65-41-35(30(56)29(55)34(67-41)38(61)62)68-40-32(58)27(53)28(54)33(66-40)37(59)60/h16,20,22-36,39-41,49,51-58H,8-15,17-18H2,1-7H3,(H,59,60)(H,61,62)/t20-,22+,23-,24-,25+,26-,27-,28-,29-,30-,31+,32+,33-,34-,35+,36-,39-,40-,41+,44+,45-,46-,47+,48+/m0/s1. The molecule has 0 aromatic rings. The van der Waals surface area contributed by atoms with Crippen molar-refractivity contribution in [2.45, 2.75) is 204 Å². The summed E-state index contributed by atoms with van der Waals surface area (Å²) in [4.78, 5) is 53.4. The molecule has 390 valence electrons. The van der Waals surface area contributed by atoms with Crippen molar-refractivity contribution in [1.29, 1.82) is 0 Å². The molecule has 3 heterocycles. The van der Waals surface area contributed by atoms with E-state index in [0.717, 1.165) is 18.4 Å². The number of ketones is 1. The highest BCUT2D eigenvalue weighted by molar-refractivity contribution is 5.95. The Kier molecular flexibility index (Phi) is 13.7. The third-order valence-corrected chi connectivity index (χ3v) is 19.3. The van der Waals surface area contributed by atoms with E-state index < -0.39 is 156 Å². The van der Waals surface area contributed by atoms with Gasteiger partial charge in [0.1, 0.15) is 61.0 Å². The maximum atomic E-state index is 15.2. The van der Waals surface area contributed by atoms with Crippen molar-refractivity contribution in [2.75, 3.05) is 6.61 Å². The first kappa shape index (κ1) is 52.6. The summed E-state index contributed by atoms with van der Waals surface area (Å²) in [5.74, 6) is -4.80. The summed E-state index contributed by atoms with van der Waals surface area (Å²) in [5.41, 5.74) is -2.69. The van der Waals surface area contributed by atoms with Gasteiger partial charge in [-0.1, -0.05) is 47.1 Å². The van der Waals surface area contributed by atoms with Crippen LogP contribution in [0.3, 0.4) is 0 Å². The Labute approximate surface area is 399 Å². The molecular weight excluding hydrogens is 913 g/mol. The summed E-state index contributed by atoms with van der Waals surface area (Å²) in [6.45, 7) is 13.9. The van der Waals surface area contributed by atoms with Gasteiger partial charge in [0.05, 0.1) is 18.1 Å². The zero-order valence-corrected chi connectivity index (χ0v) is 40.1. The first-order valence-electron chi connectivity index (χ1n) is 24.3. The molecule has 7 fully saturated rings. The number of hydrogen-bond donors (Lipinski definition) is 11. The monoisotopic (exact) mass is 984 g/mol. The summed E-state index contributed by atoms with van der Waals surface area (Å²) in [7, 11) is 0. The maximum Gasteiger partial charge on any atom is 0.335 e. The van der Waals surface area contributed by atoms with Crippen LogP contribution in [0.5, 0.6) is 0 Å². The zero-order chi connectivity index (χ0) is 50.9. The van der Waals surface area contributed by atoms with E-state index in [1.807, 2.05) is 19.9 Å². The molecule has 69 heavy (non-hydrogen) atoms. The maximum absolute atomic E-state index is 15.2. The normalized spacial score (nSPS) is 52.8. The third kappa shape index (κ3) is 8.13. The van der Waals surface area contributed by atoms with Gasteiger partial charge >= 0.3 is 17.9 Å². The van der Waals surface area contributed by atoms with Crippen molar-refractivity contribution < 1.29 is 104 Å². The Hall–Kier alpha value is -2.74. The van der Waals surface area contributed by atoms with Crippen molar-refractivity contribution in [2.24, 2.45) is 50.2 Å². The van der Waals surface area contributed by atoms with E-state index in [9.17, 15) is 70.6 Å². The van der Waals surface area contributed by atoms with Crippen LogP contribution in [0.2, 0.25) is 0 Å². The summed E-state index contributed by atoms with van der Waals surface area (Å²) in [5, 5.41) is 114. The van der Waals surface area contributed by atoms with Crippen LogP contribution in [-0.2, 0) is 47.6 Å². The van der Waals surface area contributed by atoms with E-state index in [1.54, 1.807) is 6.92 Å². The molecular formula is C48H72O21. The van der Waals surface area contributed by atoms with Crippen LogP contribution >= 0.6 is 0 Å². The molecule has 8 rings (SSSR count). The Balaban J connectivity index is 1.04. The number of esters is 1. The van der Waals surface area contributed by atoms with Gasteiger partial charge in [-0.25, -0.2) is 9.59 Å². The summed E-state index contributed by atoms with van der Waals surface area (Å²) in [6.07, 6.45) is -21.6. The molecule has 0 aromatic heterocycles. The number of carboxylic acid groups (broad SMARTS) is 2. The summed E-state index contributed by atoms with van der Waals surface area (Å²) < 4.78 is 34.7. The average Bonchev–Trinajstić information content (AvgIpc) is 3.27. The Morgan fingerprint density at radius 3 is 1.86 bits per heavy atom. The van der Waals surface area contributed by atoms with Crippen LogP contribution in [0.25, 0.3) is 0 Å². The van der Waals surface area contributed by atoms with E-state index in [4.69, 9.17) is 28.4 Å². The van der Waals surface area contributed by atoms with Crippen molar-refractivity contribution in [3.63, 3.8) is 0 Å². The molecule has 8 aliphatic rings. The fourth-order valence-electron chi connectivity index (χ4n) is 14.8. The molecule has 11 N–H and O–H groups in total. The molecule has 3 saturated heterocycles. The Morgan fingerprint density at radius 2 is 1.23 bits per heavy atom. The number of fused-ring (bicyclic) bond motifs is 7. The van der Waals surface area contributed by atoms with Crippen molar-refractivity contribution >= 4 is 23.7 Å². The minimum Gasteiger partial charge on any atom is -0.479 e. The SMILES string of the molecule is CC1(C)[C@@H](O[C@@H]2O[C@H](C(=O)O)[C@@H](O)[C@H](O)[C@H]2O[C@@H]2O[C@H](C(=O)O)[C@@H](O)[C@H](O)[C@H]2O)CC[C@@]2(C)[C@H]1CC[C@]1(C)[C@H]2C(=O)C=C2[C@@H]3C[C@@](C)(C(=O)O[C@@H]4O[C@H](CO)[C@@H](O)[C@H](O)[C@H]4O)CC[C@]3(C)CC[C@]21C. The lowest BCUT2D eigenvalue weighted by atomic mass is 9.33. The highest BCUT2D eigenvalue weighted by Gasteiger charge is 2.71. The van der Waals surface area contributed by atoms with Gasteiger partial charge in [0.25, 0.3) is 0 Å². The van der Waals surface area contributed by atoms with Crippen LogP contribution in [0.1, 0.15) is 106 Å². The largest absolute Gasteiger partial charge is 0.479 e. The van der Waals surface area contributed by atoms with E-state index in [2.05, 4.69) is 27.7 Å². The molecule has 0 unspecified atom stereocenters. The lowest BCUT2D eigenvalue weighted by Gasteiger charge is -2.70. The quantitative estimate of drug-likeness (QED) is 0.102. The second-order valence-corrected chi connectivity index (χ2v) is 23.4. The van der Waals surface area contributed by atoms with Crippen LogP contribution < -0.4 is 0 Å². The minimum absolute atomic E-state index is 0.0173. The number of allylic oxidation sites excluding steroid dienone is 2. The molecule has 3 aliphatic heterocycles. The van der Waals surface area contributed by atoms with Gasteiger partial charge < -0.3 is 84.6 Å². The van der Waals surface area contributed by atoms with Crippen molar-refractivity contribution in [3.05, 3.63) is 11.6 Å². The minimum atomic E-state index is -2.08. The van der Waals surface area contributed by atoms with E-state index in [-0.39, 0.29) is 23.0 Å². The Bertz CT molecular complexity index is 2050. The zero-order valence-electron chi connectivity index (χ0n) is 40.1. The molecule has 0 aromatic carbocycles. The smallest absolute Gasteiger partial charge is 0.335 e. The second-order valence-electron chi connectivity index (χ2n) is 23.4. The number of carbonyl (C=O) groups is 4. The predicted molar refractivity (Wildman–Crippen MR) is 232 cm³/mol. The fraction of sp³-hybridized carbons (Fsp3) is 0.875. The molecule has 21 nitrogen and oxygen atoms in total. The highest BCUT2D eigenvalue weighted by Crippen LogP contribution is 2.75. The number of rotatable bonds is 9. The number of ether oxygens (including phenoxy) is 6. The summed E-state index contributed by atoms with van der Waals surface area (Å²) >= 11 is 0. The lowest BCUT2D eigenvalue weighted by molar-refractivity contribution is -0.371. The number of hydrogen-bond acceptors (Lipinski definition) is 19. The van der Waals surface area contributed by atoms with E-state index in [1.165, 1.54) is 0 Å². The molecule has 21 heteroatoms. The van der Waals surface area contributed by atoms with Gasteiger partial charge in [-0.2, -0.15) is 0 Å². The molecule has 24 atom stereocenters. The van der Waals surface area contributed by atoms with Gasteiger partial charge in [0, 0.05) is 5.92 Å². The Morgan fingerprint density at radius 1 is 0.652 bits per heavy atom. The topological polar surface area (TPSA) is 346 Å². The highest BCUT2D eigenvalue weighted by atomic mass is 16.8. The van der Waals surface area contributed by atoms with Gasteiger partial charge in [0.2, 0.25) is 6.29 Å². The van der Waals surface area contributed by atoms with Crippen LogP contribution in [0.15, 0.2) is 11.6 Å². The molecule has 0 bridgehead atoms. The average molecular weight is 985 g/mol. The molecule has 0 radical (unpaired) electrons. The molecule has 4 saturated carbocycles. The number of aliphatic hydroxyl groups excluding tert-OH is 9. The fourth-order valence-corrected chi connectivity index (χ4v) is 14.8. The number of carbonyl (C=O) groups excluding carboxylic acids is 2. The molecule has 0 amide bonds. The van der Waals surface area contributed by atoms with E-state index in [0.29, 0.717) is 44.9 Å². The lowest BCUT2D eigenvalue weighted by Crippen LogP contribution is -2.68. The second kappa shape index (κ2) is 18.0. The molecule has 5 aliphatic carbocycles. The van der Waals surface area contributed by atoms with Gasteiger partial charge in [-0.05, 0) is 110 Å². The number of aliphatic carboxylic acids is 2. The van der Waals surface area contributed by atoms with Crippen molar-refractivity contribution in [1.82, 2.24) is 0 Å². The van der Waals surface area contributed by atoms with Gasteiger partial charge in [-0.15, -0.1) is 0 Å². The first-order chi connectivity index (χ1) is 32.0. The number of aliphatic hydroxyl groups is 9. The van der Waals surface area contributed by atoms with Gasteiger partial charge in [-0.3, -0.25) is 9.59 Å². The molecule has 0 spiro atoms. The van der Waals surface area contributed by atoms with Crippen molar-refractivity contribution in [3.8, 4) is 0 Å². The van der Waals surface area contributed by atoms with Crippen LogP contribution in [-0.4, -0.2) is 185 Å². The predicted octanol–water partition coefficient (Wildman–Crippen LogP) is -0.496. The van der Waals surface area contributed by atoms with Crippen LogP contribution in [0.4, 0.5) is 0 Å². The third-order valence-electron chi connectivity index (χ3n) is 19.3. The number of carboxylic acids is 2. The van der Waals surface area contributed by atoms with E-state index >= 15 is 4.79 Å². The first-order valence-corrected chi connectivity index (χ1v) is 24.3. The summed E-state index contributed by atoms with van der Waals surface area (Å²) in [6, 6.07) is 0. The van der Waals surface area contributed by atoms with Crippen LogP contribution in [0, 0.1) is 50.2 Å².